The first-order valence-corrected chi connectivity index (χ1v) is 7.29. The minimum absolute atomic E-state index is 0.639. The lowest BCUT2D eigenvalue weighted by Crippen LogP contribution is -2.36. The molecule has 0 aromatic carbocycles. The smallest absolute Gasteiger partial charge is 0.117 e. The SMILES string of the molecule is CCCC(C)NCCN(Cc1ccco1)C1CC1. The molecule has 1 N–H and O–H groups in total. The monoisotopic (exact) mass is 250 g/mol. The first-order chi connectivity index (χ1) is 8.79. The summed E-state index contributed by atoms with van der Waals surface area (Å²) in [5.41, 5.74) is 0. The average molecular weight is 250 g/mol. The number of hydrogen-bond acceptors (Lipinski definition) is 3. The summed E-state index contributed by atoms with van der Waals surface area (Å²) in [5, 5.41) is 3.60. The van der Waals surface area contributed by atoms with Crippen molar-refractivity contribution in [2.45, 2.75) is 58.2 Å². The molecule has 1 heterocycles. The summed E-state index contributed by atoms with van der Waals surface area (Å²) in [7, 11) is 0. The highest BCUT2D eigenvalue weighted by Gasteiger charge is 2.29. The largest absolute Gasteiger partial charge is 0.468 e. The fraction of sp³-hybridized carbons (Fsp3) is 0.733. The number of nitrogens with one attached hydrogen (secondary N) is 1. The van der Waals surface area contributed by atoms with Crippen LogP contribution in [-0.4, -0.2) is 30.1 Å². The highest BCUT2D eigenvalue weighted by molar-refractivity contribution is 4.99. The second-order valence-electron chi connectivity index (χ2n) is 5.42. The van der Waals surface area contributed by atoms with Gasteiger partial charge in [-0.1, -0.05) is 13.3 Å². The Morgan fingerprint density at radius 2 is 2.33 bits per heavy atom. The summed E-state index contributed by atoms with van der Waals surface area (Å²) >= 11 is 0. The van der Waals surface area contributed by atoms with E-state index in [9.17, 15) is 0 Å². The van der Waals surface area contributed by atoms with Gasteiger partial charge in [-0.05, 0) is 38.3 Å². The van der Waals surface area contributed by atoms with Crippen LogP contribution in [0.4, 0.5) is 0 Å². The molecule has 1 fully saturated rings. The third-order valence-corrected chi connectivity index (χ3v) is 3.62. The van der Waals surface area contributed by atoms with Gasteiger partial charge in [-0.25, -0.2) is 0 Å². The van der Waals surface area contributed by atoms with E-state index in [-0.39, 0.29) is 0 Å². The zero-order valence-corrected chi connectivity index (χ0v) is 11.7. The maximum atomic E-state index is 5.45. The molecule has 1 saturated carbocycles. The molecule has 1 aliphatic rings. The van der Waals surface area contributed by atoms with E-state index in [1.807, 2.05) is 6.07 Å². The van der Waals surface area contributed by atoms with Crippen LogP contribution in [0.25, 0.3) is 0 Å². The van der Waals surface area contributed by atoms with Crippen molar-refractivity contribution in [2.75, 3.05) is 13.1 Å². The molecule has 1 aliphatic carbocycles. The first kappa shape index (κ1) is 13.6. The van der Waals surface area contributed by atoms with Crippen molar-refractivity contribution >= 4 is 0 Å². The standard InChI is InChI=1S/C15H26N2O/c1-3-5-13(2)16-9-10-17(14-7-8-14)12-15-6-4-11-18-15/h4,6,11,13-14,16H,3,5,7-10,12H2,1-2H3. The molecule has 18 heavy (non-hydrogen) atoms. The van der Waals surface area contributed by atoms with Gasteiger partial charge in [-0.3, -0.25) is 4.90 Å². The van der Waals surface area contributed by atoms with Gasteiger partial charge in [-0.2, -0.15) is 0 Å². The normalized spacial score (nSPS) is 17.3. The molecular formula is C15H26N2O. The van der Waals surface area contributed by atoms with Gasteiger partial charge in [0.15, 0.2) is 0 Å². The van der Waals surface area contributed by atoms with E-state index in [1.54, 1.807) is 6.26 Å². The summed E-state index contributed by atoms with van der Waals surface area (Å²) < 4.78 is 5.45. The van der Waals surface area contributed by atoms with Crippen LogP contribution in [-0.2, 0) is 6.54 Å². The zero-order chi connectivity index (χ0) is 12.8. The molecule has 0 radical (unpaired) electrons. The van der Waals surface area contributed by atoms with Gasteiger partial charge in [0.05, 0.1) is 12.8 Å². The number of nitrogens with zero attached hydrogens (tertiary/aromatic N) is 1. The molecule has 0 aliphatic heterocycles. The minimum Gasteiger partial charge on any atom is -0.468 e. The van der Waals surface area contributed by atoms with Crippen molar-refractivity contribution in [3.05, 3.63) is 24.2 Å². The van der Waals surface area contributed by atoms with Crippen LogP contribution in [0.1, 0.15) is 45.3 Å². The Balaban J connectivity index is 1.70. The third kappa shape index (κ3) is 4.46. The second kappa shape index (κ2) is 6.95. The third-order valence-electron chi connectivity index (χ3n) is 3.62. The zero-order valence-electron chi connectivity index (χ0n) is 11.7. The Morgan fingerprint density at radius 3 is 2.94 bits per heavy atom. The number of hydrogen-bond donors (Lipinski definition) is 1. The summed E-state index contributed by atoms with van der Waals surface area (Å²) in [6.07, 6.45) is 6.99. The minimum atomic E-state index is 0.639. The van der Waals surface area contributed by atoms with Crippen molar-refractivity contribution in [1.29, 1.82) is 0 Å². The van der Waals surface area contributed by atoms with Crippen LogP contribution in [0.15, 0.2) is 22.8 Å². The van der Waals surface area contributed by atoms with Crippen LogP contribution in [0.5, 0.6) is 0 Å². The number of rotatable bonds is 9. The maximum Gasteiger partial charge on any atom is 0.117 e. The predicted octanol–water partition coefficient (Wildman–Crippen LogP) is 3.02. The molecule has 1 atom stereocenters. The summed E-state index contributed by atoms with van der Waals surface area (Å²) in [5.74, 6) is 1.09. The van der Waals surface area contributed by atoms with E-state index in [2.05, 4.69) is 30.1 Å². The van der Waals surface area contributed by atoms with Crippen molar-refractivity contribution in [3.8, 4) is 0 Å². The molecule has 0 bridgehead atoms. The quantitative estimate of drug-likeness (QED) is 0.730. The van der Waals surface area contributed by atoms with Crippen LogP contribution in [0.2, 0.25) is 0 Å². The van der Waals surface area contributed by atoms with Crippen molar-refractivity contribution in [3.63, 3.8) is 0 Å². The lowest BCUT2D eigenvalue weighted by atomic mass is 10.2. The van der Waals surface area contributed by atoms with E-state index in [0.717, 1.165) is 31.4 Å². The van der Waals surface area contributed by atoms with E-state index in [1.165, 1.54) is 25.7 Å². The fourth-order valence-electron chi connectivity index (χ4n) is 2.42. The van der Waals surface area contributed by atoms with Gasteiger partial charge in [0, 0.05) is 25.2 Å². The summed E-state index contributed by atoms with van der Waals surface area (Å²) in [4.78, 5) is 2.55. The molecule has 1 unspecified atom stereocenters. The van der Waals surface area contributed by atoms with E-state index in [0.29, 0.717) is 6.04 Å². The number of furan rings is 1. The van der Waals surface area contributed by atoms with Gasteiger partial charge in [0.25, 0.3) is 0 Å². The molecule has 102 valence electrons. The van der Waals surface area contributed by atoms with Gasteiger partial charge in [-0.15, -0.1) is 0 Å². The molecule has 3 nitrogen and oxygen atoms in total. The average Bonchev–Trinajstić information content (AvgIpc) is 3.07. The Hall–Kier alpha value is -0.800. The van der Waals surface area contributed by atoms with Crippen molar-refractivity contribution in [2.24, 2.45) is 0 Å². The predicted molar refractivity (Wildman–Crippen MR) is 74.5 cm³/mol. The fourth-order valence-corrected chi connectivity index (χ4v) is 2.42. The van der Waals surface area contributed by atoms with Gasteiger partial charge < -0.3 is 9.73 Å². The van der Waals surface area contributed by atoms with Crippen molar-refractivity contribution in [1.82, 2.24) is 10.2 Å². The molecule has 3 heteroatoms. The molecule has 2 rings (SSSR count). The first-order valence-electron chi connectivity index (χ1n) is 7.29. The summed E-state index contributed by atoms with van der Waals surface area (Å²) in [6.45, 7) is 7.68. The Morgan fingerprint density at radius 1 is 1.50 bits per heavy atom. The highest BCUT2D eigenvalue weighted by Crippen LogP contribution is 2.27. The molecule has 0 spiro atoms. The van der Waals surface area contributed by atoms with Crippen LogP contribution in [0.3, 0.4) is 0 Å². The highest BCUT2D eigenvalue weighted by atomic mass is 16.3. The van der Waals surface area contributed by atoms with Crippen molar-refractivity contribution < 1.29 is 4.42 Å². The molecule has 1 aromatic rings. The lowest BCUT2D eigenvalue weighted by molar-refractivity contribution is 0.230. The molecule has 0 saturated heterocycles. The maximum absolute atomic E-state index is 5.45. The van der Waals surface area contributed by atoms with E-state index in [4.69, 9.17) is 4.42 Å². The van der Waals surface area contributed by atoms with Crippen LogP contribution in [0, 0.1) is 0 Å². The second-order valence-corrected chi connectivity index (χ2v) is 5.42. The van der Waals surface area contributed by atoms with Crippen LogP contribution < -0.4 is 5.32 Å². The lowest BCUT2D eigenvalue weighted by Gasteiger charge is -2.22. The summed E-state index contributed by atoms with van der Waals surface area (Å²) in [6, 6.07) is 5.47. The topological polar surface area (TPSA) is 28.4 Å². The Labute approximate surface area is 111 Å². The van der Waals surface area contributed by atoms with E-state index >= 15 is 0 Å². The van der Waals surface area contributed by atoms with Gasteiger partial charge in [0.1, 0.15) is 5.76 Å². The molecule has 1 aromatic heterocycles. The van der Waals surface area contributed by atoms with Gasteiger partial charge >= 0.3 is 0 Å². The Bertz CT molecular complexity index is 319. The van der Waals surface area contributed by atoms with Gasteiger partial charge in [0.2, 0.25) is 0 Å². The molecule has 0 amide bonds. The Kier molecular flexibility index (Phi) is 5.26. The van der Waals surface area contributed by atoms with E-state index < -0.39 is 0 Å². The molecular weight excluding hydrogens is 224 g/mol. The van der Waals surface area contributed by atoms with Crippen LogP contribution >= 0.6 is 0 Å².